The van der Waals surface area contributed by atoms with Crippen LogP contribution in [0.3, 0.4) is 0 Å². The Bertz CT molecular complexity index is 1530. The van der Waals surface area contributed by atoms with Crippen molar-refractivity contribution < 1.29 is 18.3 Å². The summed E-state index contributed by atoms with van der Waals surface area (Å²) in [5.41, 5.74) is 2.36. The van der Waals surface area contributed by atoms with E-state index in [1.165, 1.54) is 6.20 Å². The first kappa shape index (κ1) is 31.9. The maximum absolute atomic E-state index is 13.3. The van der Waals surface area contributed by atoms with E-state index in [2.05, 4.69) is 41.0 Å². The molecule has 0 bridgehead atoms. The minimum absolute atomic E-state index is 0.00478. The highest BCUT2D eigenvalue weighted by Crippen LogP contribution is 2.35. The van der Waals surface area contributed by atoms with Gasteiger partial charge >= 0.3 is 5.69 Å². The number of nitrogens with zero attached hydrogens (tertiary/aromatic N) is 5. The number of benzene rings is 1. The van der Waals surface area contributed by atoms with Gasteiger partial charge in [0.05, 0.1) is 34.4 Å². The van der Waals surface area contributed by atoms with E-state index in [0.717, 1.165) is 87.6 Å². The molecular formula is C33H44F2N6O3. The number of nitrogens with one attached hydrogen (secondary N) is 1. The van der Waals surface area contributed by atoms with Crippen molar-refractivity contribution in [2.24, 2.45) is 13.0 Å². The van der Waals surface area contributed by atoms with E-state index in [9.17, 15) is 18.4 Å². The number of rotatable bonds is 11. The van der Waals surface area contributed by atoms with Crippen LogP contribution in [-0.2, 0) is 16.6 Å². The van der Waals surface area contributed by atoms with Gasteiger partial charge in [0, 0.05) is 38.9 Å². The summed E-state index contributed by atoms with van der Waals surface area (Å²) in [6.07, 6.45) is 7.13. The first-order valence-corrected chi connectivity index (χ1v) is 15.9. The quantitative estimate of drug-likeness (QED) is 0.224. The van der Waals surface area contributed by atoms with Crippen LogP contribution in [0, 0.1) is 17.8 Å². The van der Waals surface area contributed by atoms with E-state index in [1.807, 2.05) is 29.8 Å². The fourth-order valence-electron chi connectivity index (χ4n) is 6.95. The topological polar surface area (TPSA) is 86.3 Å². The van der Waals surface area contributed by atoms with E-state index in [1.54, 1.807) is 9.25 Å². The maximum atomic E-state index is 13.3. The van der Waals surface area contributed by atoms with E-state index >= 15 is 0 Å². The van der Waals surface area contributed by atoms with Crippen molar-refractivity contribution in [3.8, 4) is 11.8 Å². The number of para-hydroxylation sites is 1. The van der Waals surface area contributed by atoms with Crippen LogP contribution < -0.4 is 11.0 Å². The van der Waals surface area contributed by atoms with Crippen LogP contribution in [0.5, 0.6) is 0 Å². The molecule has 2 fully saturated rings. The molecule has 1 aromatic carbocycles. The zero-order chi connectivity index (χ0) is 31.2. The maximum Gasteiger partial charge on any atom is 0.329 e. The monoisotopic (exact) mass is 610 g/mol. The lowest BCUT2D eigenvalue weighted by Crippen LogP contribution is -2.40. The van der Waals surface area contributed by atoms with Crippen LogP contribution in [0.15, 0.2) is 29.2 Å². The Kier molecular flexibility index (Phi) is 10.5. The molecule has 1 aliphatic carbocycles. The number of imidazole rings is 1. The van der Waals surface area contributed by atoms with E-state index in [-0.39, 0.29) is 35.3 Å². The first-order chi connectivity index (χ1) is 21.3. The van der Waals surface area contributed by atoms with Crippen LogP contribution in [0.4, 0.5) is 14.5 Å². The van der Waals surface area contributed by atoms with Crippen molar-refractivity contribution in [3.63, 3.8) is 0 Å². The standard InChI is InChI=1S/C33H44F2N6O3/c1-4-7-23(2)41-29-10-5-8-25(31(29)38(3)33(41)43)9-6-19-44-27-15-17-39(18-16-27)20-24-11-13-26(14-12-24)40-21-28(36-22-42)30(37-40)32(34)35/h5,8,10,21-24,26-27,32H,4,7,11-20H2,1-3H3,(H,36,42). The van der Waals surface area contributed by atoms with Gasteiger partial charge in [-0.2, -0.15) is 5.10 Å². The second-order valence-electron chi connectivity index (χ2n) is 12.3. The predicted octanol–water partition coefficient (Wildman–Crippen LogP) is 5.67. The highest BCUT2D eigenvalue weighted by molar-refractivity contribution is 5.83. The Morgan fingerprint density at radius 2 is 1.91 bits per heavy atom. The lowest BCUT2D eigenvalue weighted by Gasteiger charge is -2.36. The molecule has 0 spiro atoms. The highest BCUT2D eigenvalue weighted by atomic mass is 19.3. The normalized spacial score (nSPS) is 20.5. The molecule has 2 aliphatic rings. The van der Waals surface area contributed by atoms with Gasteiger partial charge in [-0.05, 0) is 69.9 Å². The first-order valence-electron chi connectivity index (χ1n) is 15.9. The van der Waals surface area contributed by atoms with Crippen LogP contribution >= 0.6 is 0 Å². The summed E-state index contributed by atoms with van der Waals surface area (Å²) in [6, 6.07) is 6.14. The van der Waals surface area contributed by atoms with Gasteiger partial charge in [-0.25, -0.2) is 13.6 Å². The van der Waals surface area contributed by atoms with Crippen LogP contribution in [0.1, 0.15) is 95.0 Å². The van der Waals surface area contributed by atoms with E-state index < -0.39 is 6.43 Å². The molecule has 1 unspecified atom stereocenters. The number of carbonyl (C=O) groups is 1. The van der Waals surface area contributed by atoms with Crippen molar-refractivity contribution in [3.05, 3.63) is 46.1 Å². The number of carbonyl (C=O) groups excluding carboxylic acids is 1. The number of fused-ring (bicyclic) bond motifs is 1. The summed E-state index contributed by atoms with van der Waals surface area (Å²) in [5.74, 6) is 7.01. The third kappa shape index (κ3) is 7.08. The number of piperidine rings is 1. The summed E-state index contributed by atoms with van der Waals surface area (Å²) in [6.45, 7) is 7.60. The number of alkyl halides is 2. The second-order valence-corrected chi connectivity index (χ2v) is 12.3. The number of anilines is 1. The third-order valence-corrected chi connectivity index (χ3v) is 9.29. The molecule has 1 atom stereocenters. The van der Waals surface area contributed by atoms with Gasteiger partial charge in [0.2, 0.25) is 6.41 Å². The molecule has 1 N–H and O–H groups in total. The molecule has 1 aliphatic heterocycles. The number of halogens is 2. The van der Waals surface area contributed by atoms with Crippen molar-refractivity contribution in [1.29, 1.82) is 0 Å². The Morgan fingerprint density at radius 3 is 2.59 bits per heavy atom. The van der Waals surface area contributed by atoms with Crippen molar-refractivity contribution in [2.45, 2.75) is 89.8 Å². The molecule has 3 heterocycles. The number of amides is 1. The lowest BCUT2D eigenvalue weighted by molar-refractivity contribution is -0.105. The van der Waals surface area contributed by atoms with Gasteiger partial charge in [0.25, 0.3) is 6.43 Å². The van der Waals surface area contributed by atoms with E-state index in [4.69, 9.17) is 4.74 Å². The molecule has 2 aromatic heterocycles. The molecule has 5 rings (SSSR count). The molecule has 11 heteroatoms. The molecule has 1 saturated carbocycles. The smallest absolute Gasteiger partial charge is 0.329 e. The minimum atomic E-state index is -2.72. The third-order valence-electron chi connectivity index (χ3n) is 9.29. The number of hydrogen-bond acceptors (Lipinski definition) is 5. The molecule has 9 nitrogen and oxygen atoms in total. The number of aryl methyl sites for hydroxylation is 1. The summed E-state index contributed by atoms with van der Waals surface area (Å²) in [5, 5.41) is 6.42. The molecule has 3 aromatic rings. The Balaban J connectivity index is 1.07. The number of likely N-dealkylation sites (tertiary alicyclic amines) is 1. The summed E-state index contributed by atoms with van der Waals surface area (Å²) in [4.78, 5) is 26.3. The number of aromatic nitrogens is 4. The average molecular weight is 611 g/mol. The largest absolute Gasteiger partial charge is 0.365 e. The fraction of sp³-hybridized carbons (Fsp3) is 0.606. The highest BCUT2D eigenvalue weighted by Gasteiger charge is 2.28. The van der Waals surface area contributed by atoms with Crippen LogP contribution in [0.25, 0.3) is 11.0 Å². The Morgan fingerprint density at radius 1 is 1.16 bits per heavy atom. The SMILES string of the molecule is CCCC(C)n1c(=O)n(C)c2c(C#CCOC3CCN(CC4CCC(n5cc(NC=O)c(C(F)F)n5)CC4)CC3)cccc21. The molecule has 1 saturated heterocycles. The van der Waals surface area contributed by atoms with Crippen molar-refractivity contribution in [1.82, 2.24) is 23.8 Å². The molecule has 238 valence electrons. The Hall–Kier alpha value is -3.49. The van der Waals surface area contributed by atoms with E-state index in [0.29, 0.717) is 18.9 Å². The van der Waals surface area contributed by atoms with Gasteiger partial charge < -0.3 is 15.0 Å². The summed E-state index contributed by atoms with van der Waals surface area (Å²) in [7, 11) is 1.82. The van der Waals surface area contributed by atoms with Gasteiger partial charge in [0.15, 0.2) is 5.69 Å². The predicted molar refractivity (Wildman–Crippen MR) is 167 cm³/mol. The lowest BCUT2D eigenvalue weighted by atomic mass is 9.85. The summed E-state index contributed by atoms with van der Waals surface area (Å²) >= 11 is 0. The average Bonchev–Trinajstić information content (AvgIpc) is 3.56. The Labute approximate surface area is 257 Å². The zero-order valence-electron chi connectivity index (χ0n) is 26.0. The van der Waals surface area contributed by atoms with Gasteiger partial charge in [0.1, 0.15) is 6.61 Å². The fourth-order valence-corrected chi connectivity index (χ4v) is 6.95. The molecule has 1 amide bonds. The summed E-state index contributed by atoms with van der Waals surface area (Å²) < 4.78 is 37.9. The molecule has 44 heavy (non-hydrogen) atoms. The minimum Gasteiger partial charge on any atom is -0.365 e. The van der Waals surface area contributed by atoms with Crippen molar-refractivity contribution in [2.75, 3.05) is 31.6 Å². The number of ether oxygens (including phenoxy) is 1. The van der Waals surface area contributed by atoms with Gasteiger partial charge in [-0.1, -0.05) is 31.3 Å². The zero-order valence-corrected chi connectivity index (χ0v) is 26.0. The van der Waals surface area contributed by atoms with Crippen LogP contribution in [0.2, 0.25) is 0 Å². The number of hydrogen-bond donors (Lipinski definition) is 1. The van der Waals surface area contributed by atoms with Crippen LogP contribution in [-0.4, -0.2) is 62.6 Å². The molecule has 0 radical (unpaired) electrons. The second kappa shape index (κ2) is 14.5. The van der Waals surface area contributed by atoms with Crippen molar-refractivity contribution >= 4 is 23.1 Å². The van der Waals surface area contributed by atoms with Gasteiger partial charge in [-0.15, -0.1) is 0 Å². The van der Waals surface area contributed by atoms with Gasteiger partial charge in [-0.3, -0.25) is 18.6 Å². The molecular weight excluding hydrogens is 566 g/mol.